The number of allylic oxidation sites excluding steroid dienone is 20. The van der Waals surface area contributed by atoms with Gasteiger partial charge in [-0.2, -0.15) is 0 Å². The second kappa shape index (κ2) is 67.3. The van der Waals surface area contributed by atoms with Crippen molar-refractivity contribution in [1.29, 1.82) is 0 Å². The molecule has 0 aromatic heterocycles. The van der Waals surface area contributed by atoms with Gasteiger partial charge in [-0.3, -0.25) is 14.4 Å². The molecule has 6 nitrogen and oxygen atoms in total. The Balaban J connectivity index is 4.22. The SMILES string of the molecule is CC/C=C\C/C=C\C/C=C\C/C=C\C/C=C\CCCCCCCCCCCCCCCC(=O)OCC(COC(=O)CCCCCCC/C=C\CCC)OC(=O)CCCCCCCCCCCC/C=C\C/C=C\C/C=C\C/C=C\CC. The van der Waals surface area contributed by atoms with Crippen LogP contribution >= 0.6 is 0 Å². The van der Waals surface area contributed by atoms with E-state index in [-0.39, 0.29) is 31.1 Å². The third-order valence-electron chi connectivity index (χ3n) is 14.2. The monoisotopic (exact) mass is 1110 g/mol. The molecule has 0 rings (SSSR count). The fraction of sp³-hybridized carbons (Fsp3) is 0.689. The van der Waals surface area contributed by atoms with Crippen LogP contribution in [-0.4, -0.2) is 37.2 Å². The maximum absolute atomic E-state index is 12.9. The second-order valence-electron chi connectivity index (χ2n) is 22.0. The van der Waals surface area contributed by atoms with Crippen LogP contribution in [0.1, 0.15) is 310 Å². The number of carbonyl (C=O) groups excluding carboxylic acids is 3. The molecule has 0 radical (unpaired) electrons. The number of ether oxygens (including phenoxy) is 3. The van der Waals surface area contributed by atoms with Gasteiger partial charge in [-0.15, -0.1) is 0 Å². The average Bonchev–Trinajstić information content (AvgIpc) is 3.46. The predicted molar refractivity (Wildman–Crippen MR) is 348 cm³/mol. The van der Waals surface area contributed by atoms with E-state index in [2.05, 4.69) is 142 Å². The largest absolute Gasteiger partial charge is 0.462 e. The van der Waals surface area contributed by atoms with Crippen molar-refractivity contribution in [2.24, 2.45) is 0 Å². The summed E-state index contributed by atoms with van der Waals surface area (Å²) in [6.07, 6.45) is 93.7. The van der Waals surface area contributed by atoms with Crippen molar-refractivity contribution in [3.8, 4) is 0 Å². The van der Waals surface area contributed by atoms with Gasteiger partial charge >= 0.3 is 17.9 Å². The highest BCUT2D eigenvalue weighted by atomic mass is 16.6. The summed E-state index contributed by atoms with van der Waals surface area (Å²) in [6.45, 7) is 6.36. The van der Waals surface area contributed by atoms with Crippen LogP contribution in [0.4, 0.5) is 0 Å². The van der Waals surface area contributed by atoms with Gasteiger partial charge in [-0.05, 0) is 122 Å². The van der Waals surface area contributed by atoms with Gasteiger partial charge in [-0.25, -0.2) is 0 Å². The van der Waals surface area contributed by atoms with Gasteiger partial charge in [0.25, 0.3) is 0 Å². The Morgan fingerprint density at radius 1 is 0.263 bits per heavy atom. The van der Waals surface area contributed by atoms with Gasteiger partial charge in [0.2, 0.25) is 0 Å². The van der Waals surface area contributed by atoms with E-state index in [1.807, 2.05) is 0 Å². The molecular weight excluding hydrogens is 985 g/mol. The molecule has 1 atom stereocenters. The lowest BCUT2D eigenvalue weighted by Crippen LogP contribution is -2.30. The third-order valence-corrected chi connectivity index (χ3v) is 14.2. The molecular formula is C74H124O6. The summed E-state index contributed by atoms with van der Waals surface area (Å²) in [5, 5.41) is 0. The molecule has 0 aromatic rings. The number of esters is 3. The Kier molecular flexibility index (Phi) is 63.8. The van der Waals surface area contributed by atoms with Gasteiger partial charge in [-0.1, -0.05) is 290 Å². The Bertz CT molecular complexity index is 1650. The minimum Gasteiger partial charge on any atom is -0.462 e. The van der Waals surface area contributed by atoms with E-state index in [1.54, 1.807) is 0 Å². The fourth-order valence-corrected chi connectivity index (χ4v) is 9.23. The van der Waals surface area contributed by atoms with Crippen molar-refractivity contribution >= 4 is 17.9 Å². The normalized spacial score (nSPS) is 12.9. The van der Waals surface area contributed by atoms with Crippen LogP contribution in [-0.2, 0) is 28.6 Å². The highest BCUT2D eigenvalue weighted by Crippen LogP contribution is 2.16. The smallest absolute Gasteiger partial charge is 0.306 e. The zero-order valence-electron chi connectivity index (χ0n) is 52.3. The molecule has 0 heterocycles. The highest BCUT2D eigenvalue weighted by Gasteiger charge is 2.19. The molecule has 0 saturated heterocycles. The number of hydrogen-bond acceptors (Lipinski definition) is 6. The summed E-state index contributed by atoms with van der Waals surface area (Å²) in [4.78, 5) is 38.3. The van der Waals surface area contributed by atoms with Gasteiger partial charge < -0.3 is 14.2 Å². The zero-order valence-corrected chi connectivity index (χ0v) is 52.3. The maximum atomic E-state index is 12.9. The van der Waals surface area contributed by atoms with E-state index in [0.29, 0.717) is 19.3 Å². The second-order valence-corrected chi connectivity index (χ2v) is 22.0. The molecule has 1 unspecified atom stereocenters. The van der Waals surface area contributed by atoms with Gasteiger partial charge in [0.15, 0.2) is 6.10 Å². The van der Waals surface area contributed by atoms with Crippen LogP contribution in [0.15, 0.2) is 122 Å². The van der Waals surface area contributed by atoms with Crippen LogP contribution in [0.5, 0.6) is 0 Å². The molecule has 0 aromatic carbocycles. The maximum Gasteiger partial charge on any atom is 0.306 e. The van der Waals surface area contributed by atoms with Crippen molar-refractivity contribution in [3.05, 3.63) is 122 Å². The molecule has 0 amide bonds. The average molecular weight is 1110 g/mol. The Morgan fingerprint density at radius 3 is 0.775 bits per heavy atom. The Hall–Kier alpha value is -4.19. The number of hydrogen-bond donors (Lipinski definition) is 0. The van der Waals surface area contributed by atoms with E-state index in [9.17, 15) is 14.4 Å². The summed E-state index contributed by atoms with van der Waals surface area (Å²) < 4.78 is 16.9. The molecule has 0 N–H and O–H groups in total. The summed E-state index contributed by atoms with van der Waals surface area (Å²) in [5.74, 6) is -0.893. The molecule has 0 fully saturated rings. The molecule has 0 saturated carbocycles. The van der Waals surface area contributed by atoms with Gasteiger partial charge in [0.1, 0.15) is 13.2 Å². The first-order valence-electron chi connectivity index (χ1n) is 33.5. The third kappa shape index (κ3) is 64.6. The van der Waals surface area contributed by atoms with Crippen LogP contribution < -0.4 is 0 Å². The Labute approximate surface area is 494 Å². The lowest BCUT2D eigenvalue weighted by Gasteiger charge is -2.18. The van der Waals surface area contributed by atoms with E-state index in [1.165, 1.54) is 141 Å². The van der Waals surface area contributed by atoms with Crippen molar-refractivity contribution < 1.29 is 28.6 Å². The first-order valence-corrected chi connectivity index (χ1v) is 33.5. The standard InChI is InChI=1S/C74H124O6/c1-4-7-10-13-16-19-22-24-26-28-30-32-34-35-36-37-38-39-41-42-44-46-48-50-52-55-58-61-64-67-73(76)79-70-71(69-78-72(75)66-63-60-57-54-21-18-15-12-9-6-3)80-74(77)68-65-62-59-56-53-51-49-47-45-43-40-33-31-29-27-25-23-20-17-14-11-8-5-2/h7-8,10-12,15-17,19-20,24-27,30-33,35-36,71H,4-6,9,13-14,18,21-23,28-29,34,37-70H2,1-3H3/b10-7-,11-8-,15-12-,19-16-,20-17-,26-24-,27-25-,32-30-,33-31-,36-35-. The number of unbranched alkanes of at least 4 members (excludes halogenated alkanes) is 29. The zero-order chi connectivity index (χ0) is 57.8. The van der Waals surface area contributed by atoms with Crippen molar-refractivity contribution in [1.82, 2.24) is 0 Å². The minimum absolute atomic E-state index is 0.0832. The van der Waals surface area contributed by atoms with E-state index < -0.39 is 6.10 Å². The van der Waals surface area contributed by atoms with E-state index in [4.69, 9.17) is 14.2 Å². The summed E-state index contributed by atoms with van der Waals surface area (Å²) in [7, 11) is 0. The molecule has 0 spiro atoms. The molecule has 80 heavy (non-hydrogen) atoms. The fourth-order valence-electron chi connectivity index (χ4n) is 9.23. The molecule has 6 heteroatoms. The van der Waals surface area contributed by atoms with Crippen LogP contribution in [0.25, 0.3) is 0 Å². The quantitative estimate of drug-likeness (QED) is 0.0261. The number of carbonyl (C=O) groups is 3. The lowest BCUT2D eigenvalue weighted by molar-refractivity contribution is -0.167. The summed E-state index contributed by atoms with van der Waals surface area (Å²) in [6, 6.07) is 0. The minimum atomic E-state index is -0.787. The molecule has 0 aliphatic carbocycles. The van der Waals surface area contributed by atoms with Crippen molar-refractivity contribution in [2.75, 3.05) is 13.2 Å². The Morgan fingerprint density at radius 2 is 0.487 bits per heavy atom. The lowest BCUT2D eigenvalue weighted by atomic mass is 10.0. The highest BCUT2D eigenvalue weighted by molar-refractivity contribution is 5.71. The molecule has 0 aliphatic rings. The van der Waals surface area contributed by atoms with Crippen LogP contribution in [0.3, 0.4) is 0 Å². The van der Waals surface area contributed by atoms with E-state index >= 15 is 0 Å². The summed E-state index contributed by atoms with van der Waals surface area (Å²) >= 11 is 0. The first kappa shape index (κ1) is 75.8. The van der Waals surface area contributed by atoms with Crippen molar-refractivity contribution in [3.63, 3.8) is 0 Å². The number of rotatable bonds is 60. The van der Waals surface area contributed by atoms with Crippen molar-refractivity contribution in [2.45, 2.75) is 316 Å². The predicted octanol–water partition coefficient (Wildman–Crippen LogP) is 23.2. The van der Waals surface area contributed by atoms with Gasteiger partial charge in [0.05, 0.1) is 0 Å². The molecule has 0 aliphatic heterocycles. The molecule has 0 bridgehead atoms. The molecule has 456 valence electrons. The van der Waals surface area contributed by atoms with Crippen LogP contribution in [0, 0.1) is 0 Å². The van der Waals surface area contributed by atoms with Gasteiger partial charge in [0, 0.05) is 19.3 Å². The first-order chi connectivity index (χ1) is 39.5. The van der Waals surface area contributed by atoms with Crippen LogP contribution in [0.2, 0.25) is 0 Å². The topological polar surface area (TPSA) is 78.9 Å². The summed E-state index contributed by atoms with van der Waals surface area (Å²) in [5.41, 5.74) is 0. The van der Waals surface area contributed by atoms with E-state index in [0.717, 1.165) is 128 Å².